The van der Waals surface area contributed by atoms with Gasteiger partial charge in [0.2, 0.25) is 0 Å². The maximum Gasteiger partial charge on any atom is 0.411 e. The molecule has 1 amide bonds. The van der Waals surface area contributed by atoms with E-state index in [4.69, 9.17) is 4.74 Å². The van der Waals surface area contributed by atoms with Crippen molar-refractivity contribution in [2.45, 2.75) is 33.3 Å². The van der Waals surface area contributed by atoms with Crippen molar-refractivity contribution < 1.29 is 14.3 Å². The Morgan fingerprint density at radius 1 is 1.17 bits per heavy atom. The number of benzene rings is 2. The van der Waals surface area contributed by atoms with E-state index in [9.17, 15) is 4.79 Å². The van der Waals surface area contributed by atoms with Crippen LogP contribution in [0.5, 0.6) is 5.75 Å². The van der Waals surface area contributed by atoms with E-state index in [0.717, 1.165) is 27.7 Å². The third-order valence-electron chi connectivity index (χ3n) is 3.83. The summed E-state index contributed by atoms with van der Waals surface area (Å²) in [5.41, 5.74) is 4.14. The summed E-state index contributed by atoms with van der Waals surface area (Å²) in [6.07, 6.45) is 1.44. The molecule has 0 bridgehead atoms. The van der Waals surface area contributed by atoms with E-state index in [1.54, 1.807) is 0 Å². The van der Waals surface area contributed by atoms with Crippen LogP contribution in [0.4, 0.5) is 10.5 Å². The van der Waals surface area contributed by atoms with Crippen LogP contribution < -0.4 is 10.1 Å². The van der Waals surface area contributed by atoms with Crippen molar-refractivity contribution in [3.63, 3.8) is 0 Å². The van der Waals surface area contributed by atoms with Crippen LogP contribution >= 0.6 is 22.6 Å². The summed E-state index contributed by atoms with van der Waals surface area (Å²) in [4.78, 5) is 11.5. The number of rotatable bonds is 6. The number of aryl methyl sites for hydroxylation is 2. The highest BCUT2D eigenvalue weighted by Crippen LogP contribution is 2.26. The Balaban J connectivity index is 2.21. The molecule has 5 heteroatoms. The van der Waals surface area contributed by atoms with Gasteiger partial charge in [-0.1, -0.05) is 32.0 Å². The fourth-order valence-corrected chi connectivity index (χ4v) is 3.06. The van der Waals surface area contributed by atoms with Crippen LogP contribution in [-0.4, -0.2) is 13.2 Å². The Morgan fingerprint density at radius 2 is 1.96 bits per heavy atom. The van der Waals surface area contributed by atoms with Gasteiger partial charge < -0.3 is 9.47 Å². The van der Waals surface area contributed by atoms with E-state index >= 15 is 0 Å². The molecule has 128 valence electrons. The molecule has 0 spiro atoms. The first-order valence-corrected chi connectivity index (χ1v) is 9.03. The number of anilines is 1. The summed E-state index contributed by atoms with van der Waals surface area (Å²) in [6, 6.07) is 12.0. The topological polar surface area (TPSA) is 47.6 Å². The fourth-order valence-electron chi connectivity index (χ4n) is 2.40. The number of amides is 1. The Kier molecular flexibility index (Phi) is 6.90. The number of halogens is 1. The minimum atomic E-state index is -0.486. The lowest BCUT2D eigenvalue weighted by Crippen LogP contribution is -2.14. The van der Waals surface area contributed by atoms with Crippen molar-refractivity contribution >= 4 is 34.4 Å². The summed E-state index contributed by atoms with van der Waals surface area (Å²) >= 11 is 2.24. The van der Waals surface area contributed by atoms with Crippen molar-refractivity contribution in [3.8, 4) is 5.75 Å². The van der Waals surface area contributed by atoms with Crippen molar-refractivity contribution in [1.29, 1.82) is 0 Å². The van der Waals surface area contributed by atoms with E-state index in [0.29, 0.717) is 12.3 Å². The lowest BCUT2D eigenvalue weighted by molar-refractivity contribution is 0.187. The van der Waals surface area contributed by atoms with Crippen LogP contribution in [0.15, 0.2) is 36.4 Å². The Labute approximate surface area is 156 Å². The van der Waals surface area contributed by atoms with E-state index < -0.39 is 6.09 Å². The van der Waals surface area contributed by atoms with Crippen LogP contribution in [0, 0.1) is 3.57 Å². The van der Waals surface area contributed by atoms with E-state index in [1.807, 2.05) is 24.3 Å². The lowest BCUT2D eigenvalue weighted by atomic mass is 10.1. The maximum atomic E-state index is 11.5. The summed E-state index contributed by atoms with van der Waals surface area (Å²) in [6.45, 7) is 4.65. The van der Waals surface area contributed by atoms with Crippen molar-refractivity contribution in [1.82, 2.24) is 0 Å². The third-order valence-corrected chi connectivity index (χ3v) is 4.84. The first kappa shape index (κ1) is 18.6. The van der Waals surface area contributed by atoms with Gasteiger partial charge in [-0.25, -0.2) is 4.79 Å². The zero-order chi connectivity index (χ0) is 17.5. The number of hydrogen-bond acceptors (Lipinski definition) is 3. The second-order valence-corrected chi connectivity index (χ2v) is 6.48. The highest BCUT2D eigenvalue weighted by molar-refractivity contribution is 14.1. The highest BCUT2D eigenvalue weighted by Gasteiger charge is 2.12. The molecule has 0 atom stereocenters. The largest absolute Gasteiger partial charge is 0.489 e. The quantitative estimate of drug-likeness (QED) is 0.632. The first-order valence-electron chi connectivity index (χ1n) is 7.96. The number of hydrogen-bond donors (Lipinski definition) is 1. The molecule has 0 aliphatic carbocycles. The molecule has 0 unspecified atom stereocenters. The first-order chi connectivity index (χ1) is 11.6. The van der Waals surface area contributed by atoms with Crippen LogP contribution in [-0.2, 0) is 24.2 Å². The minimum Gasteiger partial charge on any atom is -0.489 e. The van der Waals surface area contributed by atoms with Gasteiger partial charge in [-0.2, -0.15) is 0 Å². The van der Waals surface area contributed by atoms with Crippen LogP contribution in [0.2, 0.25) is 0 Å². The van der Waals surface area contributed by atoms with Crippen LogP contribution in [0.1, 0.15) is 30.5 Å². The van der Waals surface area contributed by atoms with Gasteiger partial charge in [-0.15, -0.1) is 0 Å². The van der Waals surface area contributed by atoms with Crippen molar-refractivity contribution in [2.24, 2.45) is 0 Å². The average Bonchev–Trinajstić information content (AvgIpc) is 2.61. The second-order valence-electron chi connectivity index (χ2n) is 5.32. The monoisotopic (exact) mass is 439 g/mol. The molecule has 0 saturated carbocycles. The smallest absolute Gasteiger partial charge is 0.411 e. The molecular weight excluding hydrogens is 417 g/mol. The van der Waals surface area contributed by atoms with Crippen molar-refractivity contribution in [2.75, 3.05) is 12.4 Å². The normalized spacial score (nSPS) is 10.3. The number of carbonyl (C=O) groups excluding carboxylic acids is 1. The number of methoxy groups -OCH3 is 1. The molecule has 0 aliphatic heterocycles. The lowest BCUT2D eigenvalue weighted by Gasteiger charge is -2.15. The summed E-state index contributed by atoms with van der Waals surface area (Å²) in [5.74, 6) is 0.887. The van der Waals surface area contributed by atoms with Gasteiger partial charge in [0.05, 0.1) is 12.8 Å². The molecule has 24 heavy (non-hydrogen) atoms. The number of carbonyl (C=O) groups is 1. The number of nitrogens with one attached hydrogen (secondary N) is 1. The molecule has 0 radical (unpaired) electrons. The fraction of sp³-hybridized carbons (Fsp3) is 0.316. The molecule has 0 saturated heterocycles. The Morgan fingerprint density at radius 3 is 2.62 bits per heavy atom. The van der Waals surface area contributed by atoms with E-state index in [2.05, 4.69) is 58.6 Å². The van der Waals surface area contributed by atoms with Gasteiger partial charge in [0.15, 0.2) is 0 Å². The zero-order valence-corrected chi connectivity index (χ0v) is 16.3. The standard InChI is InChI=1S/C19H22INO3/c1-4-13-9-10-18(14(5-2)11-13)24-12-15-16(20)7-6-8-17(15)21-19(22)23-3/h6-11H,4-5,12H2,1-3H3,(H,21,22). The van der Waals surface area contributed by atoms with Gasteiger partial charge in [0.25, 0.3) is 0 Å². The maximum absolute atomic E-state index is 11.5. The van der Waals surface area contributed by atoms with Crippen LogP contribution in [0.3, 0.4) is 0 Å². The Hall–Kier alpha value is -1.76. The summed E-state index contributed by atoms with van der Waals surface area (Å²) in [5, 5.41) is 2.74. The minimum absolute atomic E-state index is 0.386. The molecule has 2 aromatic carbocycles. The third kappa shape index (κ3) is 4.63. The molecule has 0 aromatic heterocycles. The SMILES string of the molecule is CCc1ccc(OCc2c(I)cccc2NC(=O)OC)c(CC)c1. The van der Waals surface area contributed by atoms with Gasteiger partial charge >= 0.3 is 6.09 Å². The summed E-state index contributed by atoms with van der Waals surface area (Å²) in [7, 11) is 1.35. The molecule has 1 N–H and O–H groups in total. The molecule has 0 heterocycles. The predicted molar refractivity (Wildman–Crippen MR) is 105 cm³/mol. The van der Waals surface area contributed by atoms with E-state index in [1.165, 1.54) is 18.2 Å². The molecular formula is C19H22INO3. The number of ether oxygens (including phenoxy) is 2. The van der Waals surface area contributed by atoms with Gasteiger partial charge in [-0.05, 0) is 64.8 Å². The summed E-state index contributed by atoms with van der Waals surface area (Å²) < 4.78 is 11.8. The van der Waals surface area contributed by atoms with E-state index in [-0.39, 0.29) is 0 Å². The second kappa shape index (κ2) is 8.92. The predicted octanol–water partition coefficient (Wildman–Crippen LogP) is 5.17. The zero-order valence-electron chi connectivity index (χ0n) is 14.2. The molecule has 2 rings (SSSR count). The highest BCUT2D eigenvalue weighted by atomic mass is 127. The Bertz CT molecular complexity index is 716. The van der Waals surface area contributed by atoms with Crippen molar-refractivity contribution in [3.05, 3.63) is 56.7 Å². The molecule has 0 fully saturated rings. The van der Waals surface area contributed by atoms with Gasteiger partial charge in [0.1, 0.15) is 12.4 Å². The molecule has 0 aliphatic rings. The molecule has 4 nitrogen and oxygen atoms in total. The van der Waals surface area contributed by atoms with Gasteiger partial charge in [0, 0.05) is 9.13 Å². The van der Waals surface area contributed by atoms with Crippen LogP contribution in [0.25, 0.3) is 0 Å². The van der Waals surface area contributed by atoms with Gasteiger partial charge in [-0.3, -0.25) is 5.32 Å². The molecule has 2 aromatic rings. The average molecular weight is 439 g/mol.